The predicted molar refractivity (Wildman–Crippen MR) is 114 cm³/mol. The molecule has 9 nitrogen and oxygen atoms in total. The van der Waals surface area contributed by atoms with Gasteiger partial charge in [0.1, 0.15) is 11.2 Å². The normalized spacial score (nSPS) is 14.7. The third kappa shape index (κ3) is 4.08. The molecule has 0 unspecified atom stereocenters. The van der Waals surface area contributed by atoms with Gasteiger partial charge in [0.2, 0.25) is 5.91 Å². The van der Waals surface area contributed by atoms with E-state index in [9.17, 15) is 14.4 Å². The number of fused-ring (bicyclic) bond motifs is 1. The minimum atomic E-state index is -0.218. The second kappa shape index (κ2) is 8.71. The van der Waals surface area contributed by atoms with E-state index in [0.717, 1.165) is 5.69 Å². The Kier molecular flexibility index (Phi) is 5.83. The van der Waals surface area contributed by atoms with Crippen molar-refractivity contribution in [3.05, 3.63) is 52.7 Å². The molecule has 2 aromatic heterocycles. The predicted octanol–water partition coefficient (Wildman–Crippen LogP) is 1.69. The van der Waals surface area contributed by atoms with Gasteiger partial charge in [-0.15, -0.1) is 0 Å². The number of ether oxygens (including phenoxy) is 1. The molecule has 1 amide bonds. The summed E-state index contributed by atoms with van der Waals surface area (Å²) in [5.74, 6) is 0.137. The van der Waals surface area contributed by atoms with Gasteiger partial charge in [0, 0.05) is 26.1 Å². The van der Waals surface area contributed by atoms with Gasteiger partial charge in [0.05, 0.1) is 24.9 Å². The summed E-state index contributed by atoms with van der Waals surface area (Å²) in [5.41, 5.74) is 1.12. The fraction of sp³-hybridized carbons (Fsp3) is 0.409. The lowest BCUT2D eigenvalue weighted by Gasteiger charge is -2.30. The Morgan fingerprint density at radius 2 is 1.87 bits per heavy atom. The van der Waals surface area contributed by atoms with E-state index in [1.54, 1.807) is 16.5 Å². The number of carbonyl (C=O) groups is 2. The summed E-state index contributed by atoms with van der Waals surface area (Å²) in [6, 6.07) is 9.51. The first-order valence-electron chi connectivity index (χ1n) is 10.4. The van der Waals surface area contributed by atoms with Crippen LogP contribution in [0.15, 0.2) is 41.3 Å². The van der Waals surface area contributed by atoms with Crippen molar-refractivity contribution in [3.63, 3.8) is 0 Å². The van der Waals surface area contributed by atoms with Crippen molar-refractivity contribution in [2.24, 2.45) is 5.92 Å². The van der Waals surface area contributed by atoms with Gasteiger partial charge in [-0.05, 0) is 31.9 Å². The summed E-state index contributed by atoms with van der Waals surface area (Å²) >= 11 is 0. The highest BCUT2D eigenvalue weighted by Crippen LogP contribution is 2.19. The van der Waals surface area contributed by atoms with Crippen LogP contribution in [0.25, 0.3) is 16.7 Å². The molecule has 0 atom stereocenters. The number of benzene rings is 1. The largest absolute Gasteiger partial charge is 0.469 e. The topological polar surface area (TPSA) is 99.3 Å². The summed E-state index contributed by atoms with van der Waals surface area (Å²) < 4.78 is 7.96. The second-order valence-corrected chi connectivity index (χ2v) is 7.67. The zero-order valence-corrected chi connectivity index (χ0v) is 17.7. The van der Waals surface area contributed by atoms with Crippen molar-refractivity contribution >= 4 is 22.9 Å². The Labute approximate surface area is 179 Å². The van der Waals surface area contributed by atoms with Crippen molar-refractivity contribution in [1.29, 1.82) is 0 Å². The average molecular weight is 423 g/mol. The van der Waals surface area contributed by atoms with Gasteiger partial charge < -0.3 is 9.64 Å². The molecule has 4 rings (SSSR count). The smallest absolute Gasteiger partial charge is 0.308 e. The molecule has 0 N–H and O–H groups in total. The standard InChI is InChI=1S/C22H25N5O4/c1-15-24-20-18(14-23-27(20)17-6-4-3-5-7-17)21(29)26(15)13-10-19(28)25-11-8-16(9-12-25)22(30)31-2/h3-7,14,16H,8-13H2,1-2H3. The first kappa shape index (κ1) is 20.8. The number of amides is 1. The molecule has 162 valence electrons. The first-order valence-corrected chi connectivity index (χ1v) is 10.4. The molecule has 1 fully saturated rings. The minimum absolute atomic E-state index is 0.0327. The van der Waals surface area contributed by atoms with Crippen LogP contribution in [0.1, 0.15) is 25.1 Å². The number of likely N-dealkylation sites (tertiary alicyclic amines) is 1. The van der Waals surface area contributed by atoms with E-state index >= 15 is 0 Å². The summed E-state index contributed by atoms with van der Waals surface area (Å²) in [6.45, 7) is 3.05. The number of hydrogen-bond acceptors (Lipinski definition) is 6. The van der Waals surface area contributed by atoms with Gasteiger partial charge in [0.15, 0.2) is 5.65 Å². The fourth-order valence-electron chi connectivity index (χ4n) is 4.02. The lowest BCUT2D eigenvalue weighted by atomic mass is 9.97. The Balaban J connectivity index is 1.48. The Bertz CT molecular complexity index is 1160. The average Bonchev–Trinajstić information content (AvgIpc) is 3.22. The van der Waals surface area contributed by atoms with E-state index in [0.29, 0.717) is 42.8 Å². The molecular weight excluding hydrogens is 398 g/mol. The van der Waals surface area contributed by atoms with Gasteiger partial charge in [0.25, 0.3) is 5.56 Å². The van der Waals surface area contributed by atoms with Gasteiger partial charge in [-0.3, -0.25) is 19.0 Å². The molecule has 1 aliphatic heterocycles. The van der Waals surface area contributed by atoms with E-state index in [-0.39, 0.29) is 36.3 Å². The van der Waals surface area contributed by atoms with Crippen LogP contribution in [-0.2, 0) is 20.9 Å². The summed E-state index contributed by atoms with van der Waals surface area (Å²) in [7, 11) is 1.38. The number of nitrogens with zero attached hydrogens (tertiary/aromatic N) is 5. The van der Waals surface area contributed by atoms with Gasteiger partial charge in [-0.1, -0.05) is 18.2 Å². The zero-order chi connectivity index (χ0) is 22.0. The highest BCUT2D eigenvalue weighted by Gasteiger charge is 2.27. The van der Waals surface area contributed by atoms with Crippen LogP contribution >= 0.6 is 0 Å². The van der Waals surface area contributed by atoms with Crippen molar-refractivity contribution < 1.29 is 14.3 Å². The number of hydrogen-bond donors (Lipinski definition) is 0. The highest BCUT2D eigenvalue weighted by molar-refractivity contribution is 5.78. The van der Waals surface area contributed by atoms with E-state index < -0.39 is 0 Å². The van der Waals surface area contributed by atoms with Gasteiger partial charge in [-0.25, -0.2) is 9.67 Å². The van der Waals surface area contributed by atoms with E-state index in [1.807, 2.05) is 30.3 Å². The molecular formula is C22H25N5O4. The molecule has 0 bridgehead atoms. The lowest BCUT2D eigenvalue weighted by Crippen LogP contribution is -2.41. The fourth-order valence-corrected chi connectivity index (χ4v) is 4.02. The van der Waals surface area contributed by atoms with E-state index in [2.05, 4.69) is 10.1 Å². The number of para-hydroxylation sites is 1. The molecule has 1 saturated heterocycles. The van der Waals surface area contributed by atoms with Crippen LogP contribution in [0.2, 0.25) is 0 Å². The molecule has 9 heteroatoms. The van der Waals surface area contributed by atoms with Crippen LogP contribution in [0, 0.1) is 12.8 Å². The highest BCUT2D eigenvalue weighted by atomic mass is 16.5. The van der Waals surface area contributed by atoms with Crippen LogP contribution in [-0.4, -0.2) is 56.3 Å². The molecule has 1 aromatic carbocycles. The lowest BCUT2D eigenvalue weighted by molar-refractivity contribution is -0.148. The molecule has 3 heterocycles. The number of piperidine rings is 1. The van der Waals surface area contributed by atoms with Crippen LogP contribution in [0.4, 0.5) is 0 Å². The maximum atomic E-state index is 13.0. The Morgan fingerprint density at radius 3 is 2.55 bits per heavy atom. The molecule has 0 saturated carbocycles. The maximum absolute atomic E-state index is 13.0. The SMILES string of the molecule is COC(=O)C1CCN(C(=O)CCn2c(C)nc3c(cnn3-c3ccccc3)c2=O)CC1. The van der Waals surface area contributed by atoms with Crippen LogP contribution < -0.4 is 5.56 Å². The number of esters is 1. The molecule has 31 heavy (non-hydrogen) atoms. The minimum Gasteiger partial charge on any atom is -0.469 e. The number of aromatic nitrogens is 4. The van der Waals surface area contributed by atoms with Crippen LogP contribution in [0.5, 0.6) is 0 Å². The maximum Gasteiger partial charge on any atom is 0.308 e. The van der Waals surface area contributed by atoms with E-state index in [1.165, 1.54) is 17.9 Å². The Hall–Kier alpha value is -3.49. The second-order valence-electron chi connectivity index (χ2n) is 7.67. The first-order chi connectivity index (χ1) is 15.0. The molecule has 3 aromatic rings. The van der Waals surface area contributed by atoms with Crippen molar-refractivity contribution in [3.8, 4) is 5.69 Å². The third-order valence-corrected chi connectivity index (χ3v) is 5.81. The van der Waals surface area contributed by atoms with Gasteiger partial charge in [-0.2, -0.15) is 5.10 Å². The summed E-state index contributed by atoms with van der Waals surface area (Å²) in [5, 5.41) is 4.75. The molecule has 0 aliphatic carbocycles. The van der Waals surface area contributed by atoms with Crippen molar-refractivity contribution in [1.82, 2.24) is 24.2 Å². The van der Waals surface area contributed by atoms with Crippen LogP contribution in [0.3, 0.4) is 0 Å². The monoisotopic (exact) mass is 423 g/mol. The molecule has 0 radical (unpaired) electrons. The molecule has 1 aliphatic rings. The third-order valence-electron chi connectivity index (χ3n) is 5.81. The summed E-state index contributed by atoms with van der Waals surface area (Å²) in [6.07, 6.45) is 2.92. The summed E-state index contributed by atoms with van der Waals surface area (Å²) in [4.78, 5) is 43.7. The number of aryl methyl sites for hydroxylation is 1. The zero-order valence-electron chi connectivity index (χ0n) is 17.7. The van der Waals surface area contributed by atoms with Crippen molar-refractivity contribution in [2.75, 3.05) is 20.2 Å². The number of methoxy groups -OCH3 is 1. The number of rotatable bonds is 5. The Morgan fingerprint density at radius 1 is 1.16 bits per heavy atom. The van der Waals surface area contributed by atoms with Gasteiger partial charge >= 0.3 is 5.97 Å². The van der Waals surface area contributed by atoms with Crippen molar-refractivity contribution in [2.45, 2.75) is 32.7 Å². The quantitative estimate of drug-likeness (QED) is 0.579. The number of carbonyl (C=O) groups excluding carboxylic acids is 2. The molecule has 0 spiro atoms. The van der Waals surface area contributed by atoms with E-state index in [4.69, 9.17) is 4.74 Å².